The highest BCUT2D eigenvalue weighted by Crippen LogP contribution is 2.61. The molecule has 3 aromatic rings. The van der Waals surface area contributed by atoms with Gasteiger partial charge < -0.3 is 19.1 Å². The van der Waals surface area contributed by atoms with E-state index in [2.05, 4.69) is 15.5 Å². The van der Waals surface area contributed by atoms with Gasteiger partial charge in [0, 0.05) is 5.56 Å². The summed E-state index contributed by atoms with van der Waals surface area (Å²) in [6.07, 6.45) is 0. The molecule has 0 fully saturated rings. The standard InChI is InChI=1S/C20H23FN3O4PS/c1-4-27-29(25,28-5-2)18(14-6-10-16(21)11-7-14)22-20-24-23-19(30-20)15-8-12-17(26-3)13-9-15/h6-13,18H,4-5H2,1-3H3,(H,22,24). The van der Waals surface area contributed by atoms with E-state index < -0.39 is 19.2 Å². The molecule has 0 radical (unpaired) electrons. The van der Waals surface area contributed by atoms with Gasteiger partial charge in [0.25, 0.3) is 0 Å². The van der Waals surface area contributed by atoms with Crippen LogP contribution < -0.4 is 10.1 Å². The summed E-state index contributed by atoms with van der Waals surface area (Å²) in [5, 5.41) is 12.6. The number of nitrogens with zero attached hydrogens (tertiary/aromatic N) is 2. The highest BCUT2D eigenvalue weighted by atomic mass is 32.1. The molecule has 1 heterocycles. The van der Waals surface area contributed by atoms with E-state index in [1.54, 1.807) is 33.1 Å². The third-order valence-electron chi connectivity index (χ3n) is 4.14. The van der Waals surface area contributed by atoms with Gasteiger partial charge in [-0.25, -0.2) is 4.39 Å². The second-order valence-electron chi connectivity index (χ2n) is 6.11. The molecule has 1 unspecified atom stereocenters. The lowest BCUT2D eigenvalue weighted by atomic mass is 10.2. The van der Waals surface area contributed by atoms with Gasteiger partial charge in [-0.3, -0.25) is 4.57 Å². The van der Waals surface area contributed by atoms with Gasteiger partial charge in [-0.05, 0) is 55.8 Å². The van der Waals surface area contributed by atoms with Crippen molar-refractivity contribution < 1.29 is 22.7 Å². The van der Waals surface area contributed by atoms with E-state index in [0.29, 0.717) is 15.7 Å². The SMILES string of the molecule is CCOP(=O)(OCC)C(Nc1nnc(-c2ccc(OC)cc2)s1)c1ccc(F)cc1. The Balaban J connectivity index is 1.92. The van der Waals surface area contributed by atoms with Crippen molar-refractivity contribution in [1.29, 1.82) is 0 Å². The average molecular weight is 451 g/mol. The predicted octanol–water partition coefficient (Wildman–Crippen LogP) is 5.73. The van der Waals surface area contributed by atoms with Crippen LogP contribution in [0.1, 0.15) is 25.2 Å². The summed E-state index contributed by atoms with van der Waals surface area (Å²) in [5.41, 5.74) is 1.43. The molecule has 0 aliphatic heterocycles. The number of aromatic nitrogens is 2. The zero-order chi connectivity index (χ0) is 21.6. The maximum Gasteiger partial charge on any atom is 0.357 e. The van der Waals surface area contributed by atoms with Crippen molar-refractivity contribution in [3.63, 3.8) is 0 Å². The number of hydrogen-bond donors (Lipinski definition) is 1. The fraction of sp³-hybridized carbons (Fsp3) is 0.300. The van der Waals surface area contributed by atoms with E-state index in [-0.39, 0.29) is 13.2 Å². The molecule has 0 saturated heterocycles. The smallest absolute Gasteiger partial charge is 0.357 e. The van der Waals surface area contributed by atoms with Gasteiger partial charge >= 0.3 is 7.60 Å². The lowest BCUT2D eigenvalue weighted by Crippen LogP contribution is -2.15. The lowest BCUT2D eigenvalue weighted by molar-refractivity contribution is 0.214. The van der Waals surface area contributed by atoms with Crippen LogP contribution in [-0.2, 0) is 13.6 Å². The van der Waals surface area contributed by atoms with Gasteiger partial charge in [-0.15, -0.1) is 10.2 Å². The van der Waals surface area contributed by atoms with Crippen LogP contribution in [0, 0.1) is 5.82 Å². The predicted molar refractivity (Wildman–Crippen MR) is 116 cm³/mol. The molecule has 7 nitrogen and oxygen atoms in total. The molecular weight excluding hydrogens is 428 g/mol. The zero-order valence-electron chi connectivity index (χ0n) is 16.9. The second-order valence-corrected chi connectivity index (χ2v) is 9.20. The molecule has 0 aliphatic carbocycles. The molecule has 0 bridgehead atoms. The van der Waals surface area contributed by atoms with Crippen molar-refractivity contribution in [1.82, 2.24) is 10.2 Å². The largest absolute Gasteiger partial charge is 0.497 e. The van der Waals surface area contributed by atoms with E-state index >= 15 is 0 Å². The number of methoxy groups -OCH3 is 1. The van der Waals surface area contributed by atoms with Crippen molar-refractivity contribution in [3.8, 4) is 16.3 Å². The number of rotatable bonds is 10. The molecule has 2 aromatic carbocycles. The number of halogens is 1. The number of benzene rings is 2. The van der Waals surface area contributed by atoms with Crippen LogP contribution >= 0.6 is 18.9 Å². The van der Waals surface area contributed by atoms with Crippen LogP contribution in [-0.4, -0.2) is 30.5 Å². The number of nitrogens with one attached hydrogen (secondary N) is 1. The third kappa shape index (κ3) is 5.23. The lowest BCUT2D eigenvalue weighted by Gasteiger charge is -2.27. The van der Waals surface area contributed by atoms with Crippen LogP contribution in [0.3, 0.4) is 0 Å². The average Bonchev–Trinajstić information content (AvgIpc) is 3.22. The Kier molecular flexibility index (Phi) is 7.55. The molecular formula is C20H23FN3O4PS. The summed E-state index contributed by atoms with van der Waals surface area (Å²) in [4.78, 5) is 0. The van der Waals surface area contributed by atoms with Crippen molar-refractivity contribution >= 4 is 24.1 Å². The zero-order valence-corrected chi connectivity index (χ0v) is 18.6. The topological polar surface area (TPSA) is 82.6 Å². The number of anilines is 1. The maximum absolute atomic E-state index is 13.5. The van der Waals surface area contributed by atoms with Gasteiger partial charge in [-0.2, -0.15) is 0 Å². The van der Waals surface area contributed by atoms with Crippen LogP contribution in [0.4, 0.5) is 9.52 Å². The van der Waals surface area contributed by atoms with E-state index in [1.807, 2.05) is 24.3 Å². The third-order valence-corrected chi connectivity index (χ3v) is 7.34. The van der Waals surface area contributed by atoms with E-state index in [9.17, 15) is 8.96 Å². The Morgan fingerprint density at radius 2 is 1.67 bits per heavy atom. The normalized spacial score (nSPS) is 12.5. The molecule has 0 spiro atoms. The summed E-state index contributed by atoms with van der Waals surface area (Å²) in [6, 6.07) is 13.1. The Morgan fingerprint density at radius 3 is 2.23 bits per heavy atom. The van der Waals surface area contributed by atoms with Crippen LogP contribution in [0.25, 0.3) is 10.6 Å². The maximum atomic E-state index is 13.5. The van der Waals surface area contributed by atoms with E-state index in [1.165, 1.54) is 23.5 Å². The van der Waals surface area contributed by atoms with Gasteiger partial charge in [0.1, 0.15) is 16.6 Å². The van der Waals surface area contributed by atoms with Crippen molar-refractivity contribution in [3.05, 3.63) is 59.9 Å². The molecule has 160 valence electrons. The summed E-state index contributed by atoms with van der Waals surface area (Å²) in [6.45, 7) is 3.87. The van der Waals surface area contributed by atoms with Crippen LogP contribution in [0.5, 0.6) is 5.75 Å². The Morgan fingerprint density at radius 1 is 1.03 bits per heavy atom. The highest BCUT2D eigenvalue weighted by Gasteiger charge is 2.37. The minimum Gasteiger partial charge on any atom is -0.497 e. The van der Waals surface area contributed by atoms with Crippen LogP contribution in [0.2, 0.25) is 0 Å². The molecule has 1 N–H and O–H groups in total. The molecule has 3 rings (SSSR count). The summed E-state index contributed by atoms with van der Waals surface area (Å²) < 4.78 is 43.2. The van der Waals surface area contributed by atoms with Gasteiger partial charge in [0.15, 0.2) is 5.78 Å². The first-order valence-corrected chi connectivity index (χ1v) is 11.8. The first kappa shape index (κ1) is 22.4. The molecule has 0 saturated carbocycles. The number of ether oxygens (including phenoxy) is 1. The van der Waals surface area contributed by atoms with Gasteiger partial charge in [0.2, 0.25) is 5.13 Å². The minimum atomic E-state index is -3.62. The first-order valence-electron chi connectivity index (χ1n) is 9.37. The molecule has 1 aromatic heterocycles. The number of hydrogen-bond acceptors (Lipinski definition) is 8. The fourth-order valence-electron chi connectivity index (χ4n) is 2.79. The molecule has 10 heteroatoms. The fourth-order valence-corrected chi connectivity index (χ4v) is 5.56. The Hall–Kier alpha value is -2.32. The van der Waals surface area contributed by atoms with Gasteiger partial charge in [0.05, 0.1) is 20.3 Å². The second kappa shape index (κ2) is 10.1. The Labute approximate surface area is 178 Å². The quantitative estimate of drug-likeness (QED) is 0.394. The van der Waals surface area contributed by atoms with Crippen molar-refractivity contribution in [2.45, 2.75) is 19.6 Å². The summed E-state index contributed by atoms with van der Waals surface area (Å²) >= 11 is 1.30. The summed E-state index contributed by atoms with van der Waals surface area (Å²) in [5.74, 6) is -0.514. The van der Waals surface area contributed by atoms with E-state index in [4.69, 9.17) is 13.8 Å². The minimum absolute atomic E-state index is 0.198. The van der Waals surface area contributed by atoms with Crippen molar-refractivity contribution in [2.24, 2.45) is 0 Å². The van der Waals surface area contributed by atoms with Gasteiger partial charge in [-0.1, -0.05) is 23.5 Å². The van der Waals surface area contributed by atoms with E-state index in [0.717, 1.165) is 11.3 Å². The monoisotopic (exact) mass is 451 g/mol. The van der Waals surface area contributed by atoms with Crippen LogP contribution in [0.15, 0.2) is 48.5 Å². The first-order chi connectivity index (χ1) is 14.5. The molecule has 1 atom stereocenters. The Bertz CT molecular complexity index is 988. The molecule has 0 aliphatic rings. The summed E-state index contributed by atoms with van der Waals surface area (Å²) in [7, 11) is -2.01. The molecule has 0 amide bonds. The highest BCUT2D eigenvalue weighted by molar-refractivity contribution is 7.54. The molecule has 30 heavy (non-hydrogen) atoms. The van der Waals surface area contributed by atoms with Crippen molar-refractivity contribution in [2.75, 3.05) is 25.6 Å².